The summed E-state index contributed by atoms with van der Waals surface area (Å²) in [5.74, 6) is -1.15. The molecule has 0 unspecified atom stereocenters. The Morgan fingerprint density at radius 3 is 2.00 bits per heavy atom. The summed E-state index contributed by atoms with van der Waals surface area (Å²) in [6.07, 6.45) is 0. The number of rotatable bonds is 4. The lowest BCUT2D eigenvalue weighted by Crippen LogP contribution is -2.50. The summed E-state index contributed by atoms with van der Waals surface area (Å²) in [6.45, 7) is 4.22. The molecule has 6 nitrogen and oxygen atoms in total. The summed E-state index contributed by atoms with van der Waals surface area (Å²) in [5, 5.41) is 0.793. The number of hydroxylamine groups is 2. The van der Waals surface area contributed by atoms with Crippen LogP contribution in [0.25, 0.3) is 0 Å². The average molecular weight is 205 g/mol. The molecule has 0 heterocycles. The van der Waals surface area contributed by atoms with Crippen LogP contribution in [0.15, 0.2) is 0 Å². The average Bonchev–Trinajstić information content (AvgIpc) is 2.12. The second kappa shape index (κ2) is 4.92. The molecule has 0 N–H and O–H groups in total. The molecule has 0 aromatic rings. The van der Waals surface area contributed by atoms with Crippen molar-refractivity contribution >= 4 is 11.9 Å². The van der Waals surface area contributed by atoms with Crippen molar-refractivity contribution in [3.8, 4) is 0 Å². The van der Waals surface area contributed by atoms with E-state index in [2.05, 4.69) is 9.57 Å². The second-order valence-electron chi connectivity index (χ2n) is 3.07. The predicted octanol–water partition coefficient (Wildman–Crippen LogP) is 0.279. The SMILES string of the molecule is COC(=O)C(C)(C)N(OC)OC(C)=O. The van der Waals surface area contributed by atoms with Crippen molar-refractivity contribution < 1.29 is 24.0 Å². The van der Waals surface area contributed by atoms with Gasteiger partial charge in [-0.1, -0.05) is 0 Å². The van der Waals surface area contributed by atoms with Crippen LogP contribution in [0.4, 0.5) is 0 Å². The van der Waals surface area contributed by atoms with Crippen LogP contribution < -0.4 is 0 Å². The van der Waals surface area contributed by atoms with E-state index in [1.807, 2.05) is 0 Å². The van der Waals surface area contributed by atoms with Gasteiger partial charge in [-0.2, -0.15) is 0 Å². The summed E-state index contributed by atoms with van der Waals surface area (Å²) in [7, 11) is 2.53. The lowest BCUT2D eigenvalue weighted by Gasteiger charge is -2.30. The molecule has 14 heavy (non-hydrogen) atoms. The molecule has 82 valence electrons. The van der Waals surface area contributed by atoms with E-state index >= 15 is 0 Å². The first-order valence-electron chi connectivity index (χ1n) is 3.97. The third-order valence-corrected chi connectivity index (χ3v) is 1.52. The van der Waals surface area contributed by atoms with Gasteiger partial charge in [0.15, 0.2) is 5.54 Å². The normalized spacial score (nSPS) is 11.3. The smallest absolute Gasteiger partial charge is 0.331 e. The maximum absolute atomic E-state index is 11.3. The number of ether oxygens (including phenoxy) is 1. The van der Waals surface area contributed by atoms with Gasteiger partial charge in [0.25, 0.3) is 0 Å². The Bertz CT molecular complexity index is 226. The molecule has 0 aromatic heterocycles. The minimum Gasteiger partial charge on any atom is -0.467 e. The second-order valence-corrected chi connectivity index (χ2v) is 3.07. The van der Waals surface area contributed by atoms with E-state index in [1.54, 1.807) is 0 Å². The Hall–Kier alpha value is -1.14. The van der Waals surface area contributed by atoms with Crippen molar-refractivity contribution in [2.45, 2.75) is 26.3 Å². The van der Waals surface area contributed by atoms with Crippen LogP contribution in [0, 0.1) is 0 Å². The molecular formula is C8H15NO5. The highest BCUT2D eigenvalue weighted by atomic mass is 17.0. The fourth-order valence-corrected chi connectivity index (χ4v) is 0.821. The highest BCUT2D eigenvalue weighted by Gasteiger charge is 2.39. The fraction of sp³-hybridized carbons (Fsp3) is 0.750. The molecule has 0 spiro atoms. The number of carbonyl (C=O) groups excluding carboxylic acids is 2. The van der Waals surface area contributed by atoms with Gasteiger partial charge in [0.1, 0.15) is 0 Å². The molecule has 0 aromatic carbocycles. The summed E-state index contributed by atoms with van der Waals surface area (Å²) >= 11 is 0. The number of methoxy groups -OCH3 is 1. The van der Waals surface area contributed by atoms with Crippen molar-refractivity contribution in [2.75, 3.05) is 14.2 Å². The zero-order chi connectivity index (χ0) is 11.4. The highest BCUT2D eigenvalue weighted by molar-refractivity contribution is 5.79. The Morgan fingerprint density at radius 2 is 1.71 bits per heavy atom. The van der Waals surface area contributed by atoms with Gasteiger partial charge < -0.3 is 9.57 Å². The summed E-state index contributed by atoms with van der Waals surface area (Å²) in [5.41, 5.74) is -1.19. The van der Waals surface area contributed by atoms with Gasteiger partial charge in [0.05, 0.1) is 14.2 Å². The molecule has 0 fully saturated rings. The van der Waals surface area contributed by atoms with Gasteiger partial charge in [-0.05, 0) is 13.8 Å². The molecule has 0 aliphatic rings. The summed E-state index contributed by atoms with van der Waals surface area (Å²) in [4.78, 5) is 31.4. The molecule has 0 saturated carbocycles. The maximum Gasteiger partial charge on any atom is 0.331 e. The largest absolute Gasteiger partial charge is 0.467 e. The van der Waals surface area contributed by atoms with Crippen molar-refractivity contribution in [1.29, 1.82) is 0 Å². The van der Waals surface area contributed by atoms with Crippen molar-refractivity contribution in [2.24, 2.45) is 0 Å². The van der Waals surface area contributed by atoms with Crippen LogP contribution in [0.2, 0.25) is 0 Å². The Balaban J connectivity index is 4.64. The molecule has 0 rings (SSSR count). The van der Waals surface area contributed by atoms with E-state index in [4.69, 9.17) is 4.84 Å². The Labute approximate surface area is 82.6 Å². The quantitative estimate of drug-likeness (QED) is 0.485. The highest BCUT2D eigenvalue weighted by Crippen LogP contribution is 2.16. The molecule has 0 aliphatic heterocycles. The predicted molar refractivity (Wildman–Crippen MR) is 46.7 cm³/mol. The zero-order valence-electron chi connectivity index (χ0n) is 8.99. The van der Waals surface area contributed by atoms with E-state index in [1.165, 1.54) is 35.0 Å². The van der Waals surface area contributed by atoms with Crippen LogP contribution in [0.5, 0.6) is 0 Å². The Morgan fingerprint density at radius 1 is 1.21 bits per heavy atom. The van der Waals surface area contributed by atoms with Crippen LogP contribution in [-0.2, 0) is 24.0 Å². The molecule has 0 aliphatic carbocycles. The third kappa shape index (κ3) is 2.97. The lowest BCUT2D eigenvalue weighted by atomic mass is 10.1. The fourth-order valence-electron chi connectivity index (χ4n) is 0.821. The van der Waals surface area contributed by atoms with Gasteiger partial charge in [0.2, 0.25) is 0 Å². The maximum atomic E-state index is 11.3. The van der Waals surface area contributed by atoms with Gasteiger partial charge in [-0.25, -0.2) is 4.79 Å². The first-order valence-corrected chi connectivity index (χ1v) is 3.97. The number of nitrogens with zero attached hydrogens (tertiary/aromatic N) is 1. The van der Waals surface area contributed by atoms with E-state index in [0.29, 0.717) is 0 Å². The number of hydrogen-bond donors (Lipinski definition) is 0. The van der Waals surface area contributed by atoms with E-state index in [-0.39, 0.29) is 0 Å². The van der Waals surface area contributed by atoms with Crippen molar-refractivity contribution in [1.82, 2.24) is 5.23 Å². The van der Waals surface area contributed by atoms with E-state index in [0.717, 1.165) is 5.23 Å². The van der Waals surface area contributed by atoms with Crippen LogP contribution in [-0.4, -0.2) is 36.9 Å². The molecule has 0 bridgehead atoms. The summed E-state index contributed by atoms with van der Waals surface area (Å²) in [6, 6.07) is 0. The topological polar surface area (TPSA) is 65.1 Å². The molecule has 0 atom stereocenters. The van der Waals surface area contributed by atoms with Gasteiger partial charge in [-0.3, -0.25) is 9.63 Å². The van der Waals surface area contributed by atoms with Crippen LogP contribution in [0.3, 0.4) is 0 Å². The lowest BCUT2D eigenvalue weighted by molar-refractivity contribution is -0.368. The van der Waals surface area contributed by atoms with Crippen molar-refractivity contribution in [3.05, 3.63) is 0 Å². The Kier molecular flexibility index (Phi) is 4.52. The zero-order valence-corrected chi connectivity index (χ0v) is 8.99. The van der Waals surface area contributed by atoms with Crippen molar-refractivity contribution in [3.63, 3.8) is 0 Å². The van der Waals surface area contributed by atoms with Gasteiger partial charge in [-0.15, -0.1) is 0 Å². The van der Waals surface area contributed by atoms with Crippen LogP contribution >= 0.6 is 0 Å². The molecule has 0 amide bonds. The van der Waals surface area contributed by atoms with E-state index < -0.39 is 17.5 Å². The third-order valence-electron chi connectivity index (χ3n) is 1.52. The molecule has 0 radical (unpaired) electrons. The minimum atomic E-state index is -1.19. The molecular weight excluding hydrogens is 190 g/mol. The van der Waals surface area contributed by atoms with Gasteiger partial charge >= 0.3 is 11.9 Å². The first kappa shape index (κ1) is 12.9. The first-order chi connectivity index (χ1) is 6.36. The van der Waals surface area contributed by atoms with Crippen LogP contribution in [0.1, 0.15) is 20.8 Å². The van der Waals surface area contributed by atoms with Gasteiger partial charge in [0, 0.05) is 12.2 Å². The number of carbonyl (C=O) groups is 2. The summed E-state index contributed by atoms with van der Waals surface area (Å²) < 4.78 is 4.53. The number of esters is 1. The van der Waals surface area contributed by atoms with E-state index in [9.17, 15) is 9.59 Å². The molecule has 6 heteroatoms. The minimum absolute atomic E-state index is 0.569. The monoisotopic (exact) mass is 205 g/mol. The standard InChI is InChI=1S/C8H15NO5/c1-6(10)14-9(13-5)8(2,3)7(11)12-4/h1-5H3. The number of hydrogen-bond acceptors (Lipinski definition) is 6. The molecule has 0 saturated heterocycles.